The number of amides is 2. The molecule has 0 unspecified atom stereocenters. The van der Waals surface area contributed by atoms with Crippen molar-refractivity contribution in [3.63, 3.8) is 0 Å². The van der Waals surface area contributed by atoms with Crippen molar-refractivity contribution in [3.05, 3.63) is 29.8 Å². The van der Waals surface area contributed by atoms with Crippen molar-refractivity contribution in [2.24, 2.45) is 35.0 Å². The number of carbonyl (C=O) groups is 2. The molecule has 2 amide bonds. The van der Waals surface area contributed by atoms with Crippen LogP contribution in [0.1, 0.15) is 76.6 Å². The number of methoxy groups -OCH3 is 1. The topological polar surface area (TPSA) is 78.9 Å². The first-order chi connectivity index (χ1) is 16.6. The molecule has 0 radical (unpaired) electrons. The van der Waals surface area contributed by atoms with Crippen LogP contribution in [0.4, 0.5) is 0 Å². The summed E-state index contributed by atoms with van der Waals surface area (Å²) in [5.41, 5.74) is 0.656. The zero-order chi connectivity index (χ0) is 25.3. The van der Waals surface area contributed by atoms with Crippen molar-refractivity contribution in [3.8, 4) is 5.75 Å². The second kappa shape index (κ2) is 10.5. The summed E-state index contributed by atoms with van der Waals surface area (Å²) in [5, 5.41) is 14.9. The lowest BCUT2D eigenvalue weighted by atomic mass is 9.51. The van der Waals surface area contributed by atoms with Gasteiger partial charge in [0.2, 0.25) is 5.91 Å². The summed E-state index contributed by atoms with van der Waals surface area (Å²) in [4.78, 5) is 28.3. The minimum absolute atomic E-state index is 0.00525. The van der Waals surface area contributed by atoms with Gasteiger partial charge in [-0.05, 0) is 91.9 Å². The molecule has 1 aromatic carbocycles. The van der Waals surface area contributed by atoms with Crippen molar-refractivity contribution < 1.29 is 19.4 Å². The third-order valence-electron chi connectivity index (χ3n) is 9.68. The van der Waals surface area contributed by atoms with E-state index in [9.17, 15) is 14.7 Å². The summed E-state index contributed by atoms with van der Waals surface area (Å²) in [6, 6.07) is 7.17. The van der Waals surface area contributed by atoms with Gasteiger partial charge in [-0.15, -0.1) is 0 Å². The van der Waals surface area contributed by atoms with Crippen LogP contribution in [0.15, 0.2) is 24.3 Å². The van der Waals surface area contributed by atoms with Crippen LogP contribution in [0, 0.1) is 35.0 Å². The maximum Gasteiger partial charge on any atom is 0.251 e. The second-order valence-corrected chi connectivity index (χ2v) is 11.9. The van der Waals surface area contributed by atoms with E-state index in [-0.39, 0.29) is 46.9 Å². The van der Waals surface area contributed by atoms with Gasteiger partial charge in [0, 0.05) is 30.6 Å². The molecular formula is C29H44N2O4. The van der Waals surface area contributed by atoms with Gasteiger partial charge in [0.1, 0.15) is 5.75 Å². The lowest BCUT2D eigenvalue weighted by molar-refractivity contribution is -0.151. The predicted octanol–water partition coefficient (Wildman–Crippen LogP) is 4.51. The molecule has 2 saturated carbocycles. The number of nitrogens with zero attached hydrogens (tertiary/aromatic N) is 1. The largest absolute Gasteiger partial charge is 0.497 e. The normalized spacial score (nSPS) is 34.6. The lowest BCUT2D eigenvalue weighted by Crippen LogP contribution is -2.58. The van der Waals surface area contributed by atoms with Crippen molar-refractivity contribution in [2.75, 3.05) is 20.2 Å². The monoisotopic (exact) mass is 484 g/mol. The van der Waals surface area contributed by atoms with Gasteiger partial charge >= 0.3 is 0 Å². The van der Waals surface area contributed by atoms with Crippen LogP contribution in [0.25, 0.3) is 0 Å². The van der Waals surface area contributed by atoms with Crippen molar-refractivity contribution in [2.45, 2.75) is 78.4 Å². The molecule has 2 aliphatic carbocycles. The smallest absolute Gasteiger partial charge is 0.251 e. The van der Waals surface area contributed by atoms with E-state index in [0.29, 0.717) is 11.5 Å². The molecule has 1 heterocycles. The van der Waals surface area contributed by atoms with Crippen LogP contribution in [0.3, 0.4) is 0 Å². The maximum atomic E-state index is 13.3. The quantitative estimate of drug-likeness (QED) is 0.645. The number of nitrogens with one attached hydrogen (secondary N) is 1. The molecule has 6 heteroatoms. The highest BCUT2D eigenvalue weighted by atomic mass is 16.5. The maximum absolute atomic E-state index is 13.3. The number of aliphatic hydroxyl groups excluding tert-OH is 1. The first-order valence-corrected chi connectivity index (χ1v) is 13.6. The zero-order valence-electron chi connectivity index (χ0n) is 22.1. The number of carbonyl (C=O) groups excluding carboxylic acids is 2. The van der Waals surface area contributed by atoms with E-state index in [0.717, 1.165) is 57.4 Å². The van der Waals surface area contributed by atoms with Crippen LogP contribution in [-0.2, 0) is 4.79 Å². The number of hydrogen-bond donors (Lipinski definition) is 2. The zero-order valence-corrected chi connectivity index (χ0v) is 22.1. The molecule has 194 valence electrons. The molecule has 1 aliphatic heterocycles. The van der Waals surface area contributed by atoms with Gasteiger partial charge in [0.15, 0.2) is 0 Å². The molecule has 3 fully saturated rings. The standard InChI is InChI=1S/C29H44N2O4/c1-18-12-16-31(17-13-18)28(34)19(2)23-10-14-29(4)15-11-24(20(3)25(29)26(23)32)30-27(33)21-6-8-22(35-5)9-7-21/h6-9,18-20,23-26,32H,10-17H2,1-5H3,(H,30,33)/t19-,20-,23+,24-,25+,26-,29+/m0/s1. The third kappa shape index (κ3) is 5.23. The Hall–Kier alpha value is -2.08. The number of likely N-dealkylation sites (tertiary alicyclic amines) is 1. The number of fused-ring (bicyclic) bond motifs is 1. The summed E-state index contributed by atoms with van der Waals surface area (Å²) in [7, 11) is 1.61. The summed E-state index contributed by atoms with van der Waals surface area (Å²) in [5.74, 6) is 1.52. The Morgan fingerprint density at radius 1 is 1.09 bits per heavy atom. The molecule has 35 heavy (non-hydrogen) atoms. The first kappa shape index (κ1) is 26.0. The highest BCUT2D eigenvalue weighted by Gasteiger charge is 2.54. The van der Waals surface area contributed by atoms with Crippen molar-refractivity contribution in [1.82, 2.24) is 10.2 Å². The van der Waals surface area contributed by atoms with Gasteiger partial charge in [0.25, 0.3) is 5.91 Å². The van der Waals surface area contributed by atoms with E-state index in [2.05, 4.69) is 26.1 Å². The van der Waals surface area contributed by atoms with E-state index in [1.807, 2.05) is 11.8 Å². The summed E-state index contributed by atoms with van der Waals surface area (Å²) in [6.07, 6.45) is 5.41. The summed E-state index contributed by atoms with van der Waals surface area (Å²) in [6.45, 7) is 10.4. The SMILES string of the molecule is COc1ccc(C(=O)N[C@H]2CC[C@@]3(C)CC[C@H]([C@H](C)C(=O)N4CCC(C)CC4)[C@H](O)[C@H]3[C@H]2C)cc1. The van der Waals surface area contributed by atoms with E-state index >= 15 is 0 Å². The molecule has 7 atom stereocenters. The fraction of sp³-hybridized carbons (Fsp3) is 0.724. The van der Waals surface area contributed by atoms with Gasteiger partial charge in [0.05, 0.1) is 13.2 Å². The van der Waals surface area contributed by atoms with E-state index in [1.54, 1.807) is 31.4 Å². The fourth-order valence-corrected chi connectivity index (χ4v) is 7.19. The molecule has 6 nitrogen and oxygen atoms in total. The van der Waals surface area contributed by atoms with Gasteiger partial charge in [-0.2, -0.15) is 0 Å². The molecule has 1 saturated heterocycles. The molecule has 0 bridgehead atoms. The Kier molecular flexibility index (Phi) is 7.80. The number of benzene rings is 1. The molecular weight excluding hydrogens is 440 g/mol. The first-order valence-electron chi connectivity index (χ1n) is 13.6. The number of aliphatic hydroxyl groups is 1. The van der Waals surface area contributed by atoms with Crippen molar-refractivity contribution >= 4 is 11.8 Å². The molecule has 1 aromatic rings. The molecule has 4 rings (SSSR count). The average Bonchev–Trinajstić information content (AvgIpc) is 2.85. The minimum Gasteiger partial charge on any atom is -0.497 e. The highest BCUT2D eigenvalue weighted by Crippen LogP contribution is 2.55. The van der Waals surface area contributed by atoms with E-state index in [4.69, 9.17) is 4.74 Å². The van der Waals surface area contributed by atoms with Crippen LogP contribution < -0.4 is 10.1 Å². The fourth-order valence-electron chi connectivity index (χ4n) is 7.19. The Morgan fingerprint density at radius 3 is 2.34 bits per heavy atom. The molecule has 3 aliphatic rings. The minimum atomic E-state index is -0.535. The third-order valence-corrected chi connectivity index (χ3v) is 9.68. The Morgan fingerprint density at radius 2 is 1.71 bits per heavy atom. The van der Waals surface area contributed by atoms with Crippen LogP contribution in [-0.4, -0.2) is 54.2 Å². The average molecular weight is 485 g/mol. The van der Waals surface area contributed by atoms with E-state index < -0.39 is 6.10 Å². The van der Waals surface area contributed by atoms with Gasteiger partial charge in [-0.3, -0.25) is 9.59 Å². The number of rotatable bonds is 5. The number of ether oxygens (including phenoxy) is 1. The van der Waals surface area contributed by atoms with Crippen molar-refractivity contribution in [1.29, 1.82) is 0 Å². The van der Waals surface area contributed by atoms with Gasteiger partial charge in [-0.1, -0.05) is 27.7 Å². The second-order valence-electron chi connectivity index (χ2n) is 11.9. The van der Waals surface area contributed by atoms with E-state index in [1.165, 1.54) is 0 Å². The molecule has 2 N–H and O–H groups in total. The van der Waals surface area contributed by atoms with Gasteiger partial charge in [-0.25, -0.2) is 0 Å². The van der Waals surface area contributed by atoms with Crippen LogP contribution in [0.2, 0.25) is 0 Å². The van der Waals surface area contributed by atoms with Crippen LogP contribution in [0.5, 0.6) is 5.75 Å². The summed E-state index contributed by atoms with van der Waals surface area (Å²) < 4.78 is 5.20. The lowest BCUT2D eigenvalue weighted by Gasteiger charge is -2.56. The molecule has 0 aromatic heterocycles. The predicted molar refractivity (Wildman–Crippen MR) is 137 cm³/mol. The Labute approximate surface area is 210 Å². The Balaban J connectivity index is 1.44. The number of piperidine rings is 1. The number of hydrogen-bond acceptors (Lipinski definition) is 4. The van der Waals surface area contributed by atoms with Gasteiger partial charge < -0.3 is 20.1 Å². The summed E-state index contributed by atoms with van der Waals surface area (Å²) >= 11 is 0. The Bertz CT molecular complexity index is 894. The highest BCUT2D eigenvalue weighted by molar-refractivity contribution is 5.94. The molecule has 0 spiro atoms. The van der Waals surface area contributed by atoms with Crippen LogP contribution >= 0.6 is 0 Å².